The summed E-state index contributed by atoms with van der Waals surface area (Å²) < 4.78 is 10.2. The second-order valence-electron chi connectivity index (χ2n) is 9.34. The lowest BCUT2D eigenvalue weighted by Crippen LogP contribution is -2.51. The first-order valence-corrected chi connectivity index (χ1v) is 10.8. The van der Waals surface area contributed by atoms with E-state index in [1.165, 1.54) is 36.7 Å². The molecule has 0 bridgehead atoms. The molecule has 3 aliphatic rings. The van der Waals surface area contributed by atoms with Crippen molar-refractivity contribution < 1.29 is 4.74 Å². The van der Waals surface area contributed by atoms with Gasteiger partial charge in [0.25, 0.3) is 5.56 Å². The Morgan fingerprint density at radius 3 is 2.64 bits per heavy atom. The highest BCUT2D eigenvalue weighted by molar-refractivity contribution is 5.73. The molecule has 0 N–H and O–H groups in total. The zero-order valence-electron chi connectivity index (χ0n) is 16.9. The molecule has 0 spiro atoms. The molecule has 0 aromatic carbocycles. The molecular formula is C21H30N4O3. The van der Waals surface area contributed by atoms with Crippen LogP contribution in [0.4, 0.5) is 0 Å². The molecule has 152 valence electrons. The number of fused-ring (bicyclic) bond motifs is 1. The molecule has 28 heavy (non-hydrogen) atoms. The Kier molecular flexibility index (Phi) is 4.27. The van der Waals surface area contributed by atoms with Crippen LogP contribution in [0, 0.1) is 23.2 Å². The molecule has 0 amide bonds. The van der Waals surface area contributed by atoms with E-state index in [4.69, 9.17) is 4.74 Å². The number of aromatic nitrogens is 4. The zero-order chi connectivity index (χ0) is 19.5. The standard InChI is InChI=1S/C21H30N4O3/c1-3-21(12-28-13-21)11-24-19(26)18-17(23(2)20(24)27)9-22-25(18)10-15-8-16(15)14-6-4-5-7-14/h9,14-16H,3-8,10-13H2,1-2H3. The van der Waals surface area contributed by atoms with Gasteiger partial charge in [-0.25, -0.2) is 4.79 Å². The quantitative estimate of drug-likeness (QED) is 0.763. The van der Waals surface area contributed by atoms with Gasteiger partial charge in [-0.2, -0.15) is 5.10 Å². The van der Waals surface area contributed by atoms with Gasteiger partial charge in [-0.15, -0.1) is 0 Å². The molecule has 2 aliphatic carbocycles. The van der Waals surface area contributed by atoms with E-state index in [9.17, 15) is 9.59 Å². The molecule has 3 fully saturated rings. The molecule has 2 aromatic heterocycles. The third-order valence-electron chi connectivity index (χ3n) is 7.60. The largest absolute Gasteiger partial charge is 0.380 e. The highest BCUT2D eigenvalue weighted by atomic mass is 16.5. The number of nitrogens with zero attached hydrogens (tertiary/aromatic N) is 4. The van der Waals surface area contributed by atoms with Crippen LogP contribution in [0.3, 0.4) is 0 Å². The first-order chi connectivity index (χ1) is 13.5. The first kappa shape index (κ1) is 18.2. The minimum absolute atomic E-state index is 0.0986. The van der Waals surface area contributed by atoms with E-state index in [0.717, 1.165) is 24.8 Å². The molecule has 1 saturated heterocycles. The monoisotopic (exact) mass is 386 g/mol. The van der Waals surface area contributed by atoms with Crippen molar-refractivity contribution in [3.05, 3.63) is 27.0 Å². The molecule has 2 atom stereocenters. The number of aryl methyl sites for hydroxylation is 1. The second-order valence-corrected chi connectivity index (χ2v) is 9.34. The average molecular weight is 386 g/mol. The molecule has 2 unspecified atom stereocenters. The van der Waals surface area contributed by atoms with Crippen molar-refractivity contribution in [1.29, 1.82) is 0 Å². The Labute approximate surface area is 164 Å². The topological polar surface area (TPSA) is 71.0 Å². The molecule has 7 nitrogen and oxygen atoms in total. The van der Waals surface area contributed by atoms with Crippen LogP contribution in [0.1, 0.15) is 45.4 Å². The van der Waals surface area contributed by atoms with Crippen LogP contribution in [0.25, 0.3) is 11.0 Å². The van der Waals surface area contributed by atoms with Gasteiger partial charge in [0.05, 0.1) is 24.9 Å². The number of hydrogen-bond acceptors (Lipinski definition) is 4. The van der Waals surface area contributed by atoms with Crippen LogP contribution >= 0.6 is 0 Å². The predicted octanol–water partition coefficient (Wildman–Crippen LogP) is 2.15. The van der Waals surface area contributed by atoms with E-state index in [1.807, 2.05) is 4.68 Å². The normalized spacial score (nSPS) is 26.6. The van der Waals surface area contributed by atoms with Crippen LogP contribution in [-0.4, -0.2) is 32.1 Å². The minimum atomic E-state index is -0.257. The summed E-state index contributed by atoms with van der Waals surface area (Å²) in [5.41, 5.74) is 0.657. The molecule has 2 saturated carbocycles. The van der Waals surface area contributed by atoms with Gasteiger partial charge in [-0.1, -0.05) is 32.6 Å². The lowest BCUT2D eigenvalue weighted by atomic mass is 9.83. The summed E-state index contributed by atoms with van der Waals surface area (Å²) in [6, 6.07) is 0. The summed E-state index contributed by atoms with van der Waals surface area (Å²) in [4.78, 5) is 26.2. The van der Waals surface area contributed by atoms with Gasteiger partial charge in [0.2, 0.25) is 0 Å². The summed E-state index contributed by atoms with van der Waals surface area (Å²) in [5.74, 6) is 2.29. The third-order valence-corrected chi connectivity index (χ3v) is 7.60. The van der Waals surface area contributed by atoms with Gasteiger partial charge < -0.3 is 4.74 Å². The third kappa shape index (κ3) is 2.78. The molecule has 1 aliphatic heterocycles. The van der Waals surface area contributed by atoms with Crippen molar-refractivity contribution in [2.75, 3.05) is 13.2 Å². The van der Waals surface area contributed by atoms with Crippen LogP contribution in [-0.2, 0) is 24.9 Å². The highest BCUT2D eigenvalue weighted by Crippen LogP contribution is 2.50. The summed E-state index contributed by atoms with van der Waals surface area (Å²) in [7, 11) is 1.74. The van der Waals surface area contributed by atoms with E-state index >= 15 is 0 Å². The van der Waals surface area contributed by atoms with Gasteiger partial charge in [-0.05, 0) is 30.6 Å². The van der Waals surface area contributed by atoms with Gasteiger partial charge in [-0.3, -0.25) is 18.6 Å². The molecule has 2 aromatic rings. The zero-order valence-corrected chi connectivity index (χ0v) is 16.9. The van der Waals surface area contributed by atoms with E-state index < -0.39 is 0 Å². The maximum Gasteiger partial charge on any atom is 0.331 e. The molecule has 5 rings (SSSR count). The summed E-state index contributed by atoms with van der Waals surface area (Å²) in [5, 5.41) is 4.51. The molecule has 7 heteroatoms. The van der Waals surface area contributed by atoms with Gasteiger partial charge in [0.1, 0.15) is 0 Å². The van der Waals surface area contributed by atoms with E-state index in [0.29, 0.717) is 36.7 Å². The molecule has 0 radical (unpaired) electrons. The smallest absolute Gasteiger partial charge is 0.331 e. The lowest BCUT2D eigenvalue weighted by molar-refractivity contribution is -0.124. The molecule has 3 heterocycles. The maximum absolute atomic E-state index is 13.3. The highest BCUT2D eigenvalue weighted by Gasteiger charge is 2.44. The van der Waals surface area contributed by atoms with Gasteiger partial charge in [0, 0.05) is 25.6 Å². The summed E-state index contributed by atoms with van der Waals surface area (Å²) >= 11 is 0. The van der Waals surface area contributed by atoms with Crippen molar-refractivity contribution in [2.24, 2.45) is 30.2 Å². The Balaban J connectivity index is 1.48. The van der Waals surface area contributed by atoms with E-state index in [2.05, 4.69) is 12.0 Å². The van der Waals surface area contributed by atoms with Crippen molar-refractivity contribution >= 4 is 11.0 Å². The van der Waals surface area contributed by atoms with E-state index in [-0.39, 0.29) is 16.7 Å². The second kappa shape index (κ2) is 6.58. The average Bonchev–Trinajstić information content (AvgIpc) is 3.06. The Hall–Kier alpha value is -1.89. The fourth-order valence-electron chi connectivity index (χ4n) is 5.42. The maximum atomic E-state index is 13.3. The predicted molar refractivity (Wildman–Crippen MR) is 106 cm³/mol. The Bertz CT molecular complexity index is 1000. The minimum Gasteiger partial charge on any atom is -0.380 e. The lowest BCUT2D eigenvalue weighted by Gasteiger charge is -2.40. The number of ether oxygens (including phenoxy) is 1. The SMILES string of the molecule is CCC1(Cn2c(=O)c3c(cnn3CC3CC3C3CCCC3)n(C)c2=O)COC1. The number of rotatable bonds is 6. The first-order valence-electron chi connectivity index (χ1n) is 10.8. The fourth-order valence-corrected chi connectivity index (χ4v) is 5.42. The van der Waals surface area contributed by atoms with Crippen LogP contribution in [0.5, 0.6) is 0 Å². The Morgan fingerprint density at radius 1 is 1.25 bits per heavy atom. The van der Waals surface area contributed by atoms with Gasteiger partial charge in [0.15, 0.2) is 5.52 Å². The van der Waals surface area contributed by atoms with Crippen molar-refractivity contribution in [2.45, 2.75) is 58.5 Å². The molecular weight excluding hydrogens is 356 g/mol. The van der Waals surface area contributed by atoms with Crippen molar-refractivity contribution in [1.82, 2.24) is 18.9 Å². The Morgan fingerprint density at radius 2 is 2.00 bits per heavy atom. The van der Waals surface area contributed by atoms with E-state index in [1.54, 1.807) is 17.8 Å². The summed E-state index contributed by atoms with van der Waals surface area (Å²) in [6.07, 6.45) is 9.29. The van der Waals surface area contributed by atoms with Crippen LogP contribution < -0.4 is 11.2 Å². The van der Waals surface area contributed by atoms with Crippen LogP contribution in [0.2, 0.25) is 0 Å². The van der Waals surface area contributed by atoms with Crippen LogP contribution in [0.15, 0.2) is 15.8 Å². The summed E-state index contributed by atoms with van der Waals surface area (Å²) in [6.45, 7) is 4.53. The van der Waals surface area contributed by atoms with Crippen molar-refractivity contribution in [3.63, 3.8) is 0 Å². The number of hydrogen-bond donors (Lipinski definition) is 0. The van der Waals surface area contributed by atoms with Gasteiger partial charge >= 0.3 is 5.69 Å². The fraction of sp³-hybridized carbons (Fsp3) is 0.762. The van der Waals surface area contributed by atoms with Crippen molar-refractivity contribution in [3.8, 4) is 0 Å².